The van der Waals surface area contributed by atoms with E-state index in [-0.39, 0.29) is 6.10 Å². The normalized spacial score (nSPS) is 18.5. The summed E-state index contributed by atoms with van der Waals surface area (Å²) in [5.74, 6) is 0.874. The number of hydrogen-bond acceptors (Lipinski definition) is 3. The lowest BCUT2D eigenvalue weighted by Gasteiger charge is -2.20. The Hall–Kier alpha value is -2.10. The van der Waals surface area contributed by atoms with E-state index in [1.54, 1.807) is 0 Å². The molecular weight excluding hydrogens is 276 g/mol. The molecule has 0 bridgehead atoms. The summed E-state index contributed by atoms with van der Waals surface area (Å²) in [6, 6.07) is 18.2. The highest BCUT2D eigenvalue weighted by molar-refractivity contribution is 5.57. The molecule has 114 valence electrons. The zero-order valence-corrected chi connectivity index (χ0v) is 12.5. The topological polar surface area (TPSA) is 27.7 Å². The summed E-state index contributed by atoms with van der Waals surface area (Å²) in [5, 5.41) is 0. The van der Waals surface area contributed by atoms with Gasteiger partial charge in [0.25, 0.3) is 0 Å². The van der Waals surface area contributed by atoms with Gasteiger partial charge in [-0.05, 0) is 11.6 Å². The van der Waals surface area contributed by atoms with E-state index in [4.69, 9.17) is 14.2 Å². The van der Waals surface area contributed by atoms with Crippen LogP contribution in [0, 0.1) is 0 Å². The summed E-state index contributed by atoms with van der Waals surface area (Å²) in [5.41, 5.74) is 2.21. The van der Waals surface area contributed by atoms with Gasteiger partial charge in [-0.25, -0.2) is 0 Å². The Morgan fingerprint density at radius 2 is 1.82 bits per heavy atom. The fourth-order valence-corrected chi connectivity index (χ4v) is 2.31. The predicted octanol–water partition coefficient (Wildman–Crippen LogP) is 3.69. The first-order valence-electron chi connectivity index (χ1n) is 7.55. The fraction of sp³-hybridized carbons (Fsp3) is 0.263. The molecule has 0 N–H and O–H groups in total. The van der Waals surface area contributed by atoms with Crippen LogP contribution in [0.5, 0.6) is 5.75 Å². The first-order chi connectivity index (χ1) is 10.9. The molecule has 1 atom stereocenters. The Labute approximate surface area is 131 Å². The van der Waals surface area contributed by atoms with Crippen LogP contribution < -0.4 is 4.74 Å². The lowest BCUT2D eigenvalue weighted by molar-refractivity contribution is -0.0672. The Morgan fingerprint density at radius 1 is 1.00 bits per heavy atom. The van der Waals surface area contributed by atoms with E-state index in [0.29, 0.717) is 26.4 Å². The van der Waals surface area contributed by atoms with Crippen molar-refractivity contribution >= 4 is 6.08 Å². The second kappa shape index (κ2) is 7.78. The monoisotopic (exact) mass is 296 g/mol. The van der Waals surface area contributed by atoms with E-state index in [9.17, 15) is 0 Å². The maximum atomic E-state index is 5.94. The van der Waals surface area contributed by atoms with Crippen LogP contribution in [0.1, 0.15) is 11.1 Å². The van der Waals surface area contributed by atoms with Crippen molar-refractivity contribution in [3.63, 3.8) is 0 Å². The van der Waals surface area contributed by atoms with Crippen molar-refractivity contribution in [2.75, 3.05) is 19.8 Å². The molecule has 0 saturated carbocycles. The minimum absolute atomic E-state index is 0.0240. The SMILES string of the molecule is C(=C\C1COCCO1)/c1ccccc1OCc1ccccc1. The predicted molar refractivity (Wildman–Crippen MR) is 86.8 cm³/mol. The van der Waals surface area contributed by atoms with Gasteiger partial charge in [-0.2, -0.15) is 0 Å². The number of rotatable bonds is 5. The van der Waals surface area contributed by atoms with Crippen molar-refractivity contribution in [2.45, 2.75) is 12.7 Å². The smallest absolute Gasteiger partial charge is 0.127 e. The van der Waals surface area contributed by atoms with Crippen LogP contribution in [-0.2, 0) is 16.1 Å². The minimum Gasteiger partial charge on any atom is -0.488 e. The summed E-state index contributed by atoms with van der Waals surface area (Å²) in [6.07, 6.45) is 4.10. The van der Waals surface area contributed by atoms with E-state index in [1.807, 2.05) is 54.6 Å². The average molecular weight is 296 g/mol. The standard InChI is InChI=1S/C19H20O3/c1-2-6-16(7-3-1)14-22-19-9-5-4-8-17(19)10-11-18-15-20-12-13-21-18/h1-11,18H,12-15H2/b11-10+. The highest BCUT2D eigenvalue weighted by atomic mass is 16.6. The van der Waals surface area contributed by atoms with Gasteiger partial charge in [0, 0.05) is 5.56 Å². The molecule has 3 nitrogen and oxygen atoms in total. The van der Waals surface area contributed by atoms with Crippen molar-refractivity contribution in [3.8, 4) is 5.75 Å². The van der Waals surface area contributed by atoms with Crippen LogP contribution in [-0.4, -0.2) is 25.9 Å². The summed E-state index contributed by atoms with van der Waals surface area (Å²) in [4.78, 5) is 0. The second-order valence-corrected chi connectivity index (χ2v) is 5.16. The number of ether oxygens (including phenoxy) is 3. The van der Waals surface area contributed by atoms with E-state index >= 15 is 0 Å². The number of para-hydroxylation sites is 1. The van der Waals surface area contributed by atoms with Crippen molar-refractivity contribution in [1.29, 1.82) is 0 Å². The van der Waals surface area contributed by atoms with Crippen LogP contribution in [0.3, 0.4) is 0 Å². The van der Waals surface area contributed by atoms with Crippen LogP contribution in [0.2, 0.25) is 0 Å². The molecule has 22 heavy (non-hydrogen) atoms. The fourth-order valence-electron chi connectivity index (χ4n) is 2.31. The zero-order valence-electron chi connectivity index (χ0n) is 12.5. The summed E-state index contributed by atoms with van der Waals surface area (Å²) in [6.45, 7) is 2.51. The molecule has 0 aliphatic carbocycles. The van der Waals surface area contributed by atoms with Gasteiger partial charge in [0.05, 0.1) is 25.9 Å². The highest BCUT2D eigenvalue weighted by Gasteiger charge is 2.10. The molecule has 0 amide bonds. The van der Waals surface area contributed by atoms with Gasteiger partial charge in [0.1, 0.15) is 12.4 Å². The Kier molecular flexibility index (Phi) is 5.24. The van der Waals surface area contributed by atoms with Crippen LogP contribution in [0.4, 0.5) is 0 Å². The van der Waals surface area contributed by atoms with E-state index in [2.05, 4.69) is 12.1 Å². The third-order valence-corrected chi connectivity index (χ3v) is 3.49. The summed E-state index contributed by atoms with van der Waals surface area (Å²) < 4.78 is 17.0. The third kappa shape index (κ3) is 4.20. The molecule has 1 heterocycles. The first kappa shape index (κ1) is 14.8. The highest BCUT2D eigenvalue weighted by Crippen LogP contribution is 2.21. The van der Waals surface area contributed by atoms with Crippen molar-refractivity contribution in [2.24, 2.45) is 0 Å². The lowest BCUT2D eigenvalue weighted by atomic mass is 10.1. The lowest BCUT2D eigenvalue weighted by Crippen LogP contribution is -2.26. The van der Waals surface area contributed by atoms with Gasteiger partial charge in [0.15, 0.2) is 0 Å². The molecule has 1 saturated heterocycles. The van der Waals surface area contributed by atoms with Gasteiger partial charge in [-0.15, -0.1) is 0 Å². The van der Waals surface area contributed by atoms with Crippen LogP contribution >= 0.6 is 0 Å². The average Bonchev–Trinajstić information content (AvgIpc) is 2.61. The van der Waals surface area contributed by atoms with Gasteiger partial charge in [0.2, 0.25) is 0 Å². The van der Waals surface area contributed by atoms with Crippen molar-refractivity contribution in [3.05, 3.63) is 71.8 Å². The molecule has 1 unspecified atom stereocenters. The number of hydrogen-bond donors (Lipinski definition) is 0. The number of benzene rings is 2. The zero-order chi connectivity index (χ0) is 15.0. The quantitative estimate of drug-likeness (QED) is 0.842. The second-order valence-electron chi connectivity index (χ2n) is 5.16. The summed E-state index contributed by atoms with van der Waals surface area (Å²) in [7, 11) is 0. The van der Waals surface area contributed by atoms with Crippen molar-refractivity contribution < 1.29 is 14.2 Å². The molecule has 0 aromatic heterocycles. The van der Waals surface area contributed by atoms with E-state index in [0.717, 1.165) is 16.9 Å². The Bertz CT molecular complexity index is 601. The van der Waals surface area contributed by atoms with E-state index in [1.165, 1.54) is 0 Å². The molecule has 1 aliphatic heterocycles. The Morgan fingerprint density at radius 3 is 2.64 bits per heavy atom. The van der Waals surface area contributed by atoms with Gasteiger partial charge < -0.3 is 14.2 Å². The molecule has 2 aromatic rings. The third-order valence-electron chi connectivity index (χ3n) is 3.49. The largest absolute Gasteiger partial charge is 0.488 e. The minimum atomic E-state index is 0.0240. The molecule has 2 aromatic carbocycles. The maximum Gasteiger partial charge on any atom is 0.127 e. The summed E-state index contributed by atoms with van der Waals surface area (Å²) >= 11 is 0. The van der Waals surface area contributed by atoms with E-state index < -0.39 is 0 Å². The van der Waals surface area contributed by atoms with Crippen LogP contribution in [0.25, 0.3) is 6.08 Å². The van der Waals surface area contributed by atoms with Crippen molar-refractivity contribution in [1.82, 2.24) is 0 Å². The molecule has 1 fully saturated rings. The van der Waals surface area contributed by atoms with Gasteiger partial charge in [-0.1, -0.05) is 60.7 Å². The maximum absolute atomic E-state index is 5.94. The molecule has 3 heteroatoms. The first-order valence-corrected chi connectivity index (χ1v) is 7.55. The van der Waals surface area contributed by atoms with Gasteiger partial charge in [-0.3, -0.25) is 0 Å². The van der Waals surface area contributed by atoms with Crippen LogP contribution in [0.15, 0.2) is 60.7 Å². The molecule has 1 aliphatic rings. The molecule has 0 radical (unpaired) electrons. The molecular formula is C19H20O3. The molecule has 3 rings (SSSR count). The van der Waals surface area contributed by atoms with Gasteiger partial charge >= 0.3 is 0 Å². The Balaban J connectivity index is 1.65. The molecule has 0 spiro atoms.